The van der Waals surface area contributed by atoms with E-state index in [1.54, 1.807) is 0 Å². The van der Waals surface area contributed by atoms with Crippen molar-refractivity contribution in [1.82, 2.24) is 0 Å². The maximum atomic E-state index is 5.80. The first kappa shape index (κ1) is 11.4. The van der Waals surface area contributed by atoms with Gasteiger partial charge in [-0.3, -0.25) is 0 Å². The molecule has 1 aliphatic carbocycles. The summed E-state index contributed by atoms with van der Waals surface area (Å²) < 4.78 is 0. The molecule has 3 unspecified atom stereocenters. The minimum Gasteiger partial charge on any atom is -0.330 e. The molecule has 1 aliphatic rings. The zero-order valence-electron chi connectivity index (χ0n) is 9.12. The predicted octanol–water partition coefficient (Wildman–Crippen LogP) is 2.89. The van der Waals surface area contributed by atoms with Crippen molar-refractivity contribution >= 4 is 11.8 Å². The first-order chi connectivity index (χ1) is 6.13. The van der Waals surface area contributed by atoms with Gasteiger partial charge in [-0.2, -0.15) is 11.8 Å². The van der Waals surface area contributed by atoms with E-state index in [-0.39, 0.29) is 0 Å². The molecule has 13 heavy (non-hydrogen) atoms. The Balaban J connectivity index is 2.44. The molecule has 0 spiro atoms. The van der Waals surface area contributed by atoms with Crippen LogP contribution in [-0.4, -0.2) is 17.0 Å². The molecule has 0 aromatic carbocycles. The van der Waals surface area contributed by atoms with Crippen LogP contribution >= 0.6 is 11.8 Å². The number of thioether (sulfide) groups is 1. The fourth-order valence-electron chi connectivity index (χ4n) is 2.18. The number of hydrogen-bond donors (Lipinski definition) is 1. The van der Waals surface area contributed by atoms with Crippen molar-refractivity contribution in [2.45, 2.75) is 50.5 Å². The van der Waals surface area contributed by atoms with Gasteiger partial charge in [0.15, 0.2) is 0 Å². The smallest absolute Gasteiger partial charge is 0.00924 e. The number of nitrogens with two attached hydrogens (primary N) is 1. The van der Waals surface area contributed by atoms with Gasteiger partial charge in [-0.25, -0.2) is 0 Å². The summed E-state index contributed by atoms with van der Waals surface area (Å²) in [5.74, 6) is 1.70. The summed E-state index contributed by atoms with van der Waals surface area (Å²) in [5.41, 5.74) is 5.80. The monoisotopic (exact) mass is 201 g/mol. The zero-order chi connectivity index (χ0) is 9.84. The van der Waals surface area contributed by atoms with Gasteiger partial charge in [-0.15, -0.1) is 0 Å². The largest absolute Gasteiger partial charge is 0.330 e. The predicted molar refractivity (Wildman–Crippen MR) is 62.1 cm³/mol. The van der Waals surface area contributed by atoms with Crippen LogP contribution in [0.25, 0.3) is 0 Å². The second-order valence-corrected chi connectivity index (χ2v) is 6.46. The third kappa shape index (κ3) is 3.51. The molecule has 0 radical (unpaired) electrons. The van der Waals surface area contributed by atoms with E-state index in [9.17, 15) is 0 Å². The Morgan fingerprint density at radius 3 is 2.62 bits per heavy atom. The van der Waals surface area contributed by atoms with Crippen LogP contribution in [0.2, 0.25) is 0 Å². The maximum absolute atomic E-state index is 5.80. The molecule has 0 saturated heterocycles. The zero-order valence-corrected chi connectivity index (χ0v) is 9.94. The Morgan fingerprint density at radius 2 is 2.08 bits per heavy atom. The van der Waals surface area contributed by atoms with Gasteiger partial charge in [0.1, 0.15) is 0 Å². The quantitative estimate of drug-likeness (QED) is 0.760. The standard InChI is InChI=1S/C11H23NS/c1-8(2)13-11-6-9(3)4-5-10(11)7-12/h8-11H,4-7,12H2,1-3H3. The van der Waals surface area contributed by atoms with Crippen molar-refractivity contribution in [3.05, 3.63) is 0 Å². The summed E-state index contributed by atoms with van der Waals surface area (Å²) in [7, 11) is 0. The summed E-state index contributed by atoms with van der Waals surface area (Å²) in [6.45, 7) is 7.84. The fraction of sp³-hybridized carbons (Fsp3) is 1.00. The van der Waals surface area contributed by atoms with Crippen LogP contribution in [0.4, 0.5) is 0 Å². The summed E-state index contributed by atoms with van der Waals surface area (Å²) in [6.07, 6.45) is 4.11. The number of rotatable bonds is 3. The highest BCUT2D eigenvalue weighted by Gasteiger charge is 2.28. The van der Waals surface area contributed by atoms with Crippen molar-refractivity contribution in [1.29, 1.82) is 0 Å². The number of hydrogen-bond acceptors (Lipinski definition) is 2. The van der Waals surface area contributed by atoms with E-state index >= 15 is 0 Å². The summed E-state index contributed by atoms with van der Waals surface area (Å²) in [4.78, 5) is 0. The molecule has 2 heteroatoms. The highest BCUT2D eigenvalue weighted by Crippen LogP contribution is 2.37. The van der Waals surface area contributed by atoms with Crippen molar-refractivity contribution in [3.63, 3.8) is 0 Å². The molecule has 0 aliphatic heterocycles. The molecule has 1 saturated carbocycles. The highest BCUT2D eigenvalue weighted by molar-refractivity contribution is 8.00. The minimum absolute atomic E-state index is 0.754. The normalized spacial score (nSPS) is 35.3. The van der Waals surface area contributed by atoms with Gasteiger partial charge in [0.05, 0.1) is 0 Å². The van der Waals surface area contributed by atoms with E-state index < -0.39 is 0 Å². The molecule has 1 fully saturated rings. The first-order valence-corrected chi connectivity index (χ1v) is 6.43. The van der Waals surface area contributed by atoms with Crippen LogP contribution in [0.5, 0.6) is 0 Å². The molecule has 1 nitrogen and oxygen atoms in total. The van der Waals surface area contributed by atoms with Crippen LogP contribution in [0.3, 0.4) is 0 Å². The third-order valence-corrected chi connectivity index (χ3v) is 4.41. The van der Waals surface area contributed by atoms with Crippen LogP contribution in [0.1, 0.15) is 40.0 Å². The van der Waals surface area contributed by atoms with E-state index in [0.29, 0.717) is 0 Å². The van der Waals surface area contributed by atoms with Crippen molar-refractivity contribution in [2.75, 3.05) is 6.54 Å². The van der Waals surface area contributed by atoms with Gasteiger partial charge in [0.2, 0.25) is 0 Å². The van der Waals surface area contributed by atoms with Crippen molar-refractivity contribution < 1.29 is 0 Å². The van der Waals surface area contributed by atoms with E-state index in [0.717, 1.165) is 28.9 Å². The lowest BCUT2D eigenvalue weighted by atomic mass is 9.82. The topological polar surface area (TPSA) is 26.0 Å². The van der Waals surface area contributed by atoms with Gasteiger partial charge < -0.3 is 5.73 Å². The van der Waals surface area contributed by atoms with Gasteiger partial charge in [-0.1, -0.05) is 27.2 Å². The molecule has 0 aromatic rings. The molecule has 0 amide bonds. The van der Waals surface area contributed by atoms with E-state index in [2.05, 4.69) is 32.5 Å². The second kappa shape index (κ2) is 5.26. The first-order valence-electron chi connectivity index (χ1n) is 5.49. The van der Waals surface area contributed by atoms with E-state index in [1.165, 1.54) is 19.3 Å². The molecule has 0 heterocycles. The molecule has 3 atom stereocenters. The Hall–Kier alpha value is 0.310. The van der Waals surface area contributed by atoms with Crippen LogP contribution in [0, 0.1) is 11.8 Å². The Bertz CT molecular complexity index is 145. The van der Waals surface area contributed by atoms with Crippen LogP contribution < -0.4 is 5.73 Å². The lowest BCUT2D eigenvalue weighted by molar-refractivity contribution is 0.306. The minimum atomic E-state index is 0.754. The molecular weight excluding hydrogens is 178 g/mol. The molecule has 0 aromatic heterocycles. The summed E-state index contributed by atoms with van der Waals surface area (Å²) in [6, 6.07) is 0. The van der Waals surface area contributed by atoms with Gasteiger partial charge in [0.25, 0.3) is 0 Å². The lowest BCUT2D eigenvalue weighted by Gasteiger charge is -2.34. The Morgan fingerprint density at radius 1 is 1.38 bits per heavy atom. The van der Waals surface area contributed by atoms with Crippen LogP contribution in [0.15, 0.2) is 0 Å². The van der Waals surface area contributed by atoms with Gasteiger partial charge in [0, 0.05) is 5.25 Å². The van der Waals surface area contributed by atoms with Gasteiger partial charge >= 0.3 is 0 Å². The van der Waals surface area contributed by atoms with E-state index in [4.69, 9.17) is 5.73 Å². The molecule has 1 rings (SSSR count). The molecule has 78 valence electrons. The molecular formula is C11H23NS. The van der Waals surface area contributed by atoms with Crippen molar-refractivity contribution in [2.24, 2.45) is 17.6 Å². The van der Waals surface area contributed by atoms with Crippen molar-refractivity contribution in [3.8, 4) is 0 Å². The van der Waals surface area contributed by atoms with Gasteiger partial charge in [-0.05, 0) is 36.5 Å². The third-order valence-electron chi connectivity index (χ3n) is 2.94. The second-order valence-electron chi connectivity index (χ2n) is 4.64. The lowest BCUT2D eigenvalue weighted by Crippen LogP contribution is -2.32. The summed E-state index contributed by atoms with van der Waals surface area (Å²) >= 11 is 2.13. The SMILES string of the molecule is CC1CCC(CN)C(SC(C)C)C1. The van der Waals surface area contributed by atoms with E-state index in [1.807, 2.05) is 0 Å². The summed E-state index contributed by atoms with van der Waals surface area (Å²) in [5, 5.41) is 1.58. The highest BCUT2D eigenvalue weighted by atomic mass is 32.2. The average Bonchev–Trinajstić information content (AvgIpc) is 2.03. The fourth-order valence-corrected chi connectivity index (χ4v) is 3.79. The molecule has 0 bridgehead atoms. The van der Waals surface area contributed by atoms with Crippen LogP contribution in [-0.2, 0) is 0 Å². The molecule has 2 N–H and O–H groups in total. The maximum Gasteiger partial charge on any atom is 0.00924 e. The average molecular weight is 201 g/mol. The Kier molecular flexibility index (Phi) is 4.60. The Labute approximate surface area is 86.8 Å².